The molecule has 114 valence electrons. The number of aryl methyl sites for hydroxylation is 1. The van der Waals surface area contributed by atoms with E-state index in [2.05, 4.69) is 4.98 Å². The van der Waals surface area contributed by atoms with Crippen molar-refractivity contribution in [1.29, 1.82) is 0 Å². The molecule has 2 aromatic heterocycles. The van der Waals surface area contributed by atoms with E-state index >= 15 is 0 Å². The molecule has 1 aromatic carbocycles. The van der Waals surface area contributed by atoms with E-state index < -0.39 is 0 Å². The zero-order chi connectivity index (χ0) is 15.5. The molecule has 0 saturated carbocycles. The lowest BCUT2D eigenvalue weighted by Crippen LogP contribution is -2.27. The first-order valence-electron chi connectivity index (χ1n) is 6.96. The molecular weight excluding hydrogens is 298 g/mol. The van der Waals surface area contributed by atoms with E-state index in [0.29, 0.717) is 12.3 Å². The van der Waals surface area contributed by atoms with Crippen LogP contribution in [0, 0.1) is 0 Å². The maximum Gasteiger partial charge on any atom is 0.233 e. The molecule has 0 radical (unpaired) electrons. The highest BCUT2D eigenvalue weighted by Crippen LogP contribution is 2.22. The van der Waals surface area contributed by atoms with Crippen LogP contribution in [0.2, 0.25) is 0 Å². The second-order valence-corrected chi connectivity index (χ2v) is 6.00. The molecule has 0 fully saturated rings. The topological polar surface area (TPSA) is 51.3 Å². The molecule has 3 rings (SSSR count). The van der Waals surface area contributed by atoms with Gasteiger partial charge in [-0.1, -0.05) is 23.9 Å². The summed E-state index contributed by atoms with van der Waals surface area (Å²) in [5.41, 5.74) is 2.02. The predicted molar refractivity (Wildman–Crippen MR) is 86.6 cm³/mol. The van der Waals surface area contributed by atoms with Crippen molar-refractivity contribution in [3.05, 3.63) is 48.4 Å². The molecule has 5 nitrogen and oxygen atoms in total. The molecule has 0 spiro atoms. The zero-order valence-corrected chi connectivity index (χ0v) is 13.3. The van der Waals surface area contributed by atoms with Gasteiger partial charge < -0.3 is 13.9 Å². The first-order valence-corrected chi connectivity index (χ1v) is 7.94. The van der Waals surface area contributed by atoms with Crippen LogP contribution in [-0.2, 0) is 18.4 Å². The predicted octanol–water partition coefficient (Wildman–Crippen LogP) is 2.92. The number of hydrogen-bond acceptors (Lipinski definition) is 4. The first-order chi connectivity index (χ1) is 10.6. The van der Waals surface area contributed by atoms with Gasteiger partial charge in [-0.05, 0) is 24.3 Å². The van der Waals surface area contributed by atoms with Crippen molar-refractivity contribution in [2.45, 2.75) is 11.7 Å². The summed E-state index contributed by atoms with van der Waals surface area (Å²) < 4.78 is 7.27. The molecule has 3 aromatic rings. The Labute approximate surface area is 132 Å². The van der Waals surface area contributed by atoms with Crippen molar-refractivity contribution in [2.75, 3.05) is 12.8 Å². The average Bonchev–Trinajstić information content (AvgIpc) is 3.13. The Kier molecular flexibility index (Phi) is 4.20. The number of thioether (sulfide) groups is 1. The lowest BCUT2D eigenvalue weighted by molar-refractivity contribution is -0.127. The van der Waals surface area contributed by atoms with Gasteiger partial charge in [0.25, 0.3) is 0 Å². The van der Waals surface area contributed by atoms with Crippen LogP contribution in [0.4, 0.5) is 0 Å². The Balaban J connectivity index is 1.63. The molecule has 22 heavy (non-hydrogen) atoms. The van der Waals surface area contributed by atoms with Gasteiger partial charge in [-0.2, -0.15) is 0 Å². The molecular formula is C16H17N3O2S. The minimum atomic E-state index is 0.0495. The van der Waals surface area contributed by atoms with Gasteiger partial charge in [0.05, 0.1) is 29.6 Å². The Morgan fingerprint density at radius 3 is 2.86 bits per heavy atom. The maximum absolute atomic E-state index is 12.2. The van der Waals surface area contributed by atoms with Crippen LogP contribution in [0.3, 0.4) is 0 Å². The van der Waals surface area contributed by atoms with Crippen molar-refractivity contribution in [1.82, 2.24) is 14.5 Å². The van der Waals surface area contributed by atoms with Crippen LogP contribution in [0.25, 0.3) is 11.0 Å². The van der Waals surface area contributed by atoms with Gasteiger partial charge in [0.1, 0.15) is 5.76 Å². The van der Waals surface area contributed by atoms with Crippen LogP contribution >= 0.6 is 11.8 Å². The van der Waals surface area contributed by atoms with E-state index in [9.17, 15) is 4.79 Å². The number of fused-ring (bicyclic) bond motifs is 1. The Bertz CT molecular complexity index is 780. The number of para-hydroxylation sites is 2. The summed E-state index contributed by atoms with van der Waals surface area (Å²) >= 11 is 1.45. The van der Waals surface area contributed by atoms with Crippen LogP contribution in [0.15, 0.2) is 52.2 Å². The second kappa shape index (κ2) is 6.27. The summed E-state index contributed by atoms with van der Waals surface area (Å²) in [5.74, 6) is 1.19. The van der Waals surface area contributed by atoms with E-state index in [1.54, 1.807) is 18.2 Å². The maximum atomic E-state index is 12.2. The third-order valence-electron chi connectivity index (χ3n) is 3.47. The quantitative estimate of drug-likeness (QED) is 0.679. The number of furan rings is 1. The molecule has 0 aliphatic carbocycles. The van der Waals surface area contributed by atoms with Crippen molar-refractivity contribution in [2.24, 2.45) is 7.05 Å². The minimum Gasteiger partial charge on any atom is -0.467 e. The molecule has 0 aliphatic heterocycles. The fraction of sp³-hybridized carbons (Fsp3) is 0.250. The molecule has 0 atom stereocenters. The number of carbonyl (C=O) groups is 1. The van der Waals surface area contributed by atoms with Gasteiger partial charge in [-0.3, -0.25) is 4.79 Å². The molecule has 6 heteroatoms. The number of aromatic nitrogens is 2. The van der Waals surface area contributed by atoms with Gasteiger partial charge >= 0.3 is 0 Å². The van der Waals surface area contributed by atoms with E-state index in [4.69, 9.17) is 4.42 Å². The Hall–Kier alpha value is -2.21. The molecule has 2 heterocycles. The van der Waals surface area contributed by atoms with Crippen LogP contribution in [-0.4, -0.2) is 33.2 Å². The van der Waals surface area contributed by atoms with Crippen LogP contribution in [0.5, 0.6) is 0 Å². The van der Waals surface area contributed by atoms with Crippen LogP contribution < -0.4 is 0 Å². The summed E-state index contributed by atoms with van der Waals surface area (Å²) in [6.45, 7) is 0.481. The highest BCUT2D eigenvalue weighted by molar-refractivity contribution is 7.99. The lowest BCUT2D eigenvalue weighted by atomic mass is 10.3. The highest BCUT2D eigenvalue weighted by atomic mass is 32.2. The van der Waals surface area contributed by atoms with Gasteiger partial charge in [-0.25, -0.2) is 4.98 Å². The first kappa shape index (κ1) is 14.7. The average molecular weight is 315 g/mol. The summed E-state index contributed by atoms with van der Waals surface area (Å²) in [5, 5.41) is 0.848. The fourth-order valence-electron chi connectivity index (χ4n) is 2.21. The third-order valence-corrected chi connectivity index (χ3v) is 4.48. The second-order valence-electron chi connectivity index (χ2n) is 5.06. The summed E-state index contributed by atoms with van der Waals surface area (Å²) in [6, 6.07) is 11.6. The number of imidazole rings is 1. The number of nitrogens with zero attached hydrogens (tertiary/aromatic N) is 3. The Morgan fingerprint density at radius 1 is 1.32 bits per heavy atom. The largest absolute Gasteiger partial charge is 0.467 e. The SMILES string of the molecule is CN(Cc1ccco1)C(=O)CSc1nc2ccccc2n1C. The molecule has 0 aliphatic rings. The molecule has 0 N–H and O–H groups in total. The number of carbonyl (C=O) groups excluding carboxylic acids is 1. The standard InChI is InChI=1S/C16H17N3O2S/c1-18(10-12-6-5-9-21-12)15(20)11-22-16-17-13-7-3-4-8-14(13)19(16)2/h3-9H,10-11H2,1-2H3. The number of amides is 1. The highest BCUT2D eigenvalue weighted by Gasteiger charge is 2.14. The third kappa shape index (κ3) is 3.01. The number of hydrogen-bond donors (Lipinski definition) is 0. The van der Waals surface area contributed by atoms with E-state index in [1.165, 1.54) is 11.8 Å². The van der Waals surface area contributed by atoms with Gasteiger partial charge in [-0.15, -0.1) is 0 Å². The van der Waals surface area contributed by atoms with Crippen molar-refractivity contribution >= 4 is 28.7 Å². The number of rotatable bonds is 5. The zero-order valence-electron chi connectivity index (χ0n) is 12.5. The lowest BCUT2D eigenvalue weighted by Gasteiger charge is -2.15. The number of benzene rings is 1. The minimum absolute atomic E-state index is 0.0495. The monoisotopic (exact) mass is 315 g/mol. The van der Waals surface area contributed by atoms with E-state index in [1.807, 2.05) is 48.0 Å². The van der Waals surface area contributed by atoms with Gasteiger partial charge in [0.2, 0.25) is 5.91 Å². The van der Waals surface area contributed by atoms with E-state index in [0.717, 1.165) is 22.0 Å². The van der Waals surface area contributed by atoms with Crippen LogP contribution in [0.1, 0.15) is 5.76 Å². The van der Waals surface area contributed by atoms with Crippen molar-refractivity contribution in [3.63, 3.8) is 0 Å². The van der Waals surface area contributed by atoms with Crippen molar-refractivity contribution < 1.29 is 9.21 Å². The van der Waals surface area contributed by atoms with Crippen molar-refractivity contribution in [3.8, 4) is 0 Å². The normalized spacial score (nSPS) is 11.0. The summed E-state index contributed by atoms with van der Waals surface area (Å²) in [6.07, 6.45) is 1.61. The smallest absolute Gasteiger partial charge is 0.233 e. The van der Waals surface area contributed by atoms with Gasteiger partial charge in [0.15, 0.2) is 5.16 Å². The Morgan fingerprint density at radius 2 is 2.14 bits per heavy atom. The molecule has 1 amide bonds. The molecule has 0 unspecified atom stereocenters. The van der Waals surface area contributed by atoms with Gasteiger partial charge in [0, 0.05) is 14.1 Å². The fourth-order valence-corrected chi connectivity index (χ4v) is 3.14. The summed E-state index contributed by atoms with van der Waals surface area (Å²) in [4.78, 5) is 18.4. The molecule has 0 bridgehead atoms. The molecule has 0 saturated heterocycles. The van der Waals surface area contributed by atoms with E-state index in [-0.39, 0.29) is 5.91 Å². The summed E-state index contributed by atoms with van der Waals surface area (Å²) in [7, 11) is 3.75.